The number of hydrogen-bond donors (Lipinski definition) is 1. The molecule has 108 valence electrons. The average Bonchev–Trinajstić information content (AvgIpc) is 2.41. The van der Waals surface area contributed by atoms with Crippen molar-refractivity contribution in [1.29, 1.82) is 0 Å². The van der Waals surface area contributed by atoms with E-state index in [0.29, 0.717) is 12.0 Å². The van der Waals surface area contributed by atoms with E-state index in [2.05, 4.69) is 42.0 Å². The van der Waals surface area contributed by atoms with Crippen molar-refractivity contribution >= 4 is 15.9 Å². The Hall–Kier alpha value is -0.450. The van der Waals surface area contributed by atoms with Crippen LogP contribution >= 0.6 is 15.9 Å². The van der Waals surface area contributed by atoms with Crippen LogP contribution in [0, 0.1) is 5.82 Å². The Morgan fingerprint density at radius 2 is 2.11 bits per heavy atom. The van der Waals surface area contributed by atoms with E-state index < -0.39 is 0 Å². The predicted octanol–water partition coefficient (Wildman–Crippen LogP) is 3.92. The van der Waals surface area contributed by atoms with Crippen LogP contribution in [-0.4, -0.2) is 25.3 Å². The van der Waals surface area contributed by atoms with Crippen LogP contribution in [0.15, 0.2) is 22.7 Å². The third-order valence-electron chi connectivity index (χ3n) is 3.79. The Labute approximate surface area is 123 Å². The molecule has 0 saturated carbocycles. The predicted molar refractivity (Wildman–Crippen MR) is 81.0 cm³/mol. The van der Waals surface area contributed by atoms with E-state index in [1.165, 1.54) is 6.07 Å². The smallest absolute Gasteiger partial charge is 0.126 e. The number of likely N-dealkylation sites (N-methyl/N-ethyl adjacent to an activating group) is 1. The highest BCUT2D eigenvalue weighted by atomic mass is 79.9. The molecule has 1 aromatic rings. The van der Waals surface area contributed by atoms with Crippen LogP contribution in [-0.2, 0) is 11.2 Å². The van der Waals surface area contributed by atoms with Crippen molar-refractivity contribution in [2.24, 2.45) is 0 Å². The third-order valence-corrected chi connectivity index (χ3v) is 4.28. The van der Waals surface area contributed by atoms with Gasteiger partial charge in [0.1, 0.15) is 5.82 Å². The minimum Gasteiger partial charge on any atom is -0.377 e. The van der Waals surface area contributed by atoms with Crippen molar-refractivity contribution in [2.45, 2.75) is 45.3 Å². The molecule has 1 N–H and O–H groups in total. The minimum absolute atomic E-state index is 0.0799. The maximum absolute atomic E-state index is 13.9. The summed E-state index contributed by atoms with van der Waals surface area (Å²) in [6.45, 7) is 7.04. The lowest BCUT2D eigenvalue weighted by Crippen LogP contribution is -2.51. The van der Waals surface area contributed by atoms with Crippen LogP contribution < -0.4 is 5.32 Å². The summed E-state index contributed by atoms with van der Waals surface area (Å²) in [5, 5.41) is 3.41. The van der Waals surface area contributed by atoms with E-state index in [0.717, 1.165) is 17.4 Å². The lowest BCUT2D eigenvalue weighted by atomic mass is 9.88. The van der Waals surface area contributed by atoms with Crippen LogP contribution in [0.1, 0.15) is 32.8 Å². The molecular formula is C15H23BrFNO. The maximum Gasteiger partial charge on any atom is 0.126 e. The first kappa shape index (κ1) is 16.6. The maximum atomic E-state index is 13.9. The fraction of sp³-hybridized carbons (Fsp3) is 0.600. The summed E-state index contributed by atoms with van der Waals surface area (Å²) in [4.78, 5) is 0. The molecule has 2 atom stereocenters. The Kier molecular flexibility index (Phi) is 6.43. The average molecular weight is 332 g/mol. The van der Waals surface area contributed by atoms with Gasteiger partial charge in [0.25, 0.3) is 0 Å². The summed E-state index contributed by atoms with van der Waals surface area (Å²) in [5.74, 6) is -0.166. The van der Waals surface area contributed by atoms with Gasteiger partial charge in [0.05, 0.1) is 5.60 Å². The molecule has 0 spiro atoms. The summed E-state index contributed by atoms with van der Waals surface area (Å²) < 4.78 is 20.4. The van der Waals surface area contributed by atoms with Crippen LogP contribution in [0.4, 0.5) is 4.39 Å². The lowest BCUT2D eigenvalue weighted by molar-refractivity contribution is -0.0285. The molecule has 19 heavy (non-hydrogen) atoms. The number of halogens is 2. The number of methoxy groups -OCH3 is 1. The molecule has 0 heterocycles. The summed E-state index contributed by atoms with van der Waals surface area (Å²) in [6.07, 6.45) is 1.48. The van der Waals surface area contributed by atoms with E-state index in [1.54, 1.807) is 13.2 Å². The van der Waals surface area contributed by atoms with E-state index >= 15 is 0 Å². The fourth-order valence-electron chi connectivity index (χ4n) is 2.20. The summed E-state index contributed by atoms with van der Waals surface area (Å²) in [6, 6.07) is 5.14. The number of benzene rings is 1. The van der Waals surface area contributed by atoms with E-state index in [4.69, 9.17) is 4.74 Å². The number of rotatable bonds is 7. The quantitative estimate of drug-likeness (QED) is 0.817. The molecule has 0 saturated heterocycles. The summed E-state index contributed by atoms with van der Waals surface area (Å²) >= 11 is 3.39. The SMILES string of the molecule is CCNC(Cc1cc(Br)ccc1F)C(C)(CC)OC. The van der Waals surface area contributed by atoms with Crippen molar-refractivity contribution in [3.63, 3.8) is 0 Å². The van der Waals surface area contributed by atoms with Crippen molar-refractivity contribution in [1.82, 2.24) is 5.32 Å². The van der Waals surface area contributed by atoms with Gasteiger partial charge in [0, 0.05) is 17.6 Å². The van der Waals surface area contributed by atoms with Gasteiger partial charge in [-0.15, -0.1) is 0 Å². The van der Waals surface area contributed by atoms with E-state index in [9.17, 15) is 4.39 Å². The zero-order valence-corrected chi connectivity index (χ0v) is 13.7. The Balaban J connectivity index is 2.98. The highest BCUT2D eigenvalue weighted by Gasteiger charge is 2.32. The van der Waals surface area contributed by atoms with Gasteiger partial charge >= 0.3 is 0 Å². The highest BCUT2D eigenvalue weighted by molar-refractivity contribution is 9.10. The largest absolute Gasteiger partial charge is 0.377 e. The molecule has 4 heteroatoms. The summed E-state index contributed by atoms with van der Waals surface area (Å²) in [5.41, 5.74) is 0.405. The standard InChI is InChI=1S/C15H23BrFNO/c1-5-15(3,19-4)14(18-6-2)10-11-9-12(16)7-8-13(11)17/h7-9,14,18H,5-6,10H2,1-4H3. The Morgan fingerprint density at radius 1 is 1.42 bits per heavy atom. The topological polar surface area (TPSA) is 21.3 Å². The first-order valence-electron chi connectivity index (χ1n) is 6.69. The van der Waals surface area contributed by atoms with Crippen molar-refractivity contribution < 1.29 is 9.13 Å². The van der Waals surface area contributed by atoms with Gasteiger partial charge in [-0.25, -0.2) is 4.39 Å². The van der Waals surface area contributed by atoms with Crippen molar-refractivity contribution in [3.8, 4) is 0 Å². The molecule has 1 rings (SSSR count). The first-order valence-corrected chi connectivity index (χ1v) is 7.48. The zero-order chi connectivity index (χ0) is 14.5. The van der Waals surface area contributed by atoms with Gasteiger partial charge in [0.2, 0.25) is 0 Å². The second kappa shape index (κ2) is 7.36. The molecular weight excluding hydrogens is 309 g/mol. The second-order valence-corrected chi connectivity index (χ2v) is 5.84. The second-order valence-electron chi connectivity index (χ2n) is 4.92. The molecule has 0 aliphatic heterocycles. The molecule has 1 aromatic carbocycles. The first-order chi connectivity index (χ1) is 8.96. The van der Waals surface area contributed by atoms with Gasteiger partial charge < -0.3 is 10.1 Å². The molecule has 2 unspecified atom stereocenters. The fourth-order valence-corrected chi connectivity index (χ4v) is 2.61. The molecule has 0 bridgehead atoms. The molecule has 0 amide bonds. The highest BCUT2D eigenvalue weighted by Crippen LogP contribution is 2.25. The van der Waals surface area contributed by atoms with Crippen molar-refractivity contribution in [2.75, 3.05) is 13.7 Å². The molecule has 0 radical (unpaired) electrons. The molecule has 0 fully saturated rings. The molecule has 0 aromatic heterocycles. The van der Waals surface area contributed by atoms with Gasteiger partial charge in [0.15, 0.2) is 0 Å². The number of nitrogens with one attached hydrogen (secondary N) is 1. The lowest BCUT2D eigenvalue weighted by Gasteiger charge is -2.36. The molecule has 2 nitrogen and oxygen atoms in total. The van der Waals surface area contributed by atoms with Crippen LogP contribution in [0.5, 0.6) is 0 Å². The molecule has 0 aliphatic rings. The summed E-state index contributed by atoms with van der Waals surface area (Å²) in [7, 11) is 1.71. The molecule has 0 aliphatic carbocycles. The monoisotopic (exact) mass is 331 g/mol. The van der Waals surface area contributed by atoms with Gasteiger partial charge in [-0.2, -0.15) is 0 Å². The van der Waals surface area contributed by atoms with Gasteiger partial charge in [-0.1, -0.05) is 29.8 Å². The Bertz CT molecular complexity index is 407. The number of hydrogen-bond acceptors (Lipinski definition) is 2. The third kappa shape index (κ3) is 4.26. The van der Waals surface area contributed by atoms with Gasteiger partial charge in [-0.05, 0) is 50.1 Å². The Morgan fingerprint density at radius 3 is 2.63 bits per heavy atom. The van der Waals surface area contributed by atoms with E-state index in [1.807, 2.05) is 6.07 Å². The van der Waals surface area contributed by atoms with Crippen LogP contribution in [0.3, 0.4) is 0 Å². The minimum atomic E-state index is -0.301. The van der Waals surface area contributed by atoms with Gasteiger partial charge in [-0.3, -0.25) is 0 Å². The zero-order valence-electron chi connectivity index (χ0n) is 12.1. The van der Waals surface area contributed by atoms with Crippen molar-refractivity contribution in [3.05, 3.63) is 34.1 Å². The van der Waals surface area contributed by atoms with Crippen LogP contribution in [0.25, 0.3) is 0 Å². The number of ether oxygens (including phenoxy) is 1. The van der Waals surface area contributed by atoms with E-state index in [-0.39, 0.29) is 17.5 Å². The van der Waals surface area contributed by atoms with Crippen LogP contribution in [0.2, 0.25) is 0 Å². The normalized spacial score (nSPS) is 16.1.